The molecule has 0 radical (unpaired) electrons. The summed E-state index contributed by atoms with van der Waals surface area (Å²) in [5.41, 5.74) is 0.673. The smallest absolute Gasteiger partial charge is 0.266 e. The number of amides is 1. The molecule has 3 fully saturated rings. The van der Waals surface area contributed by atoms with Gasteiger partial charge in [0.15, 0.2) is 5.82 Å². The van der Waals surface area contributed by atoms with E-state index in [9.17, 15) is 13.6 Å². The number of carbonyl (C=O) groups excluding carboxylic acids is 1. The van der Waals surface area contributed by atoms with Gasteiger partial charge < -0.3 is 14.3 Å². The maximum absolute atomic E-state index is 13.5. The number of halogens is 2. The Labute approximate surface area is 173 Å². The summed E-state index contributed by atoms with van der Waals surface area (Å²) in [6, 6.07) is 3.47. The highest BCUT2D eigenvalue weighted by Crippen LogP contribution is 2.34. The number of likely N-dealkylation sites (tertiary alicyclic amines) is 1. The van der Waals surface area contributed by atoms with E-state index >= 15 is 0 Å². The van der Waals surface area contributed by atoms with E-state index in [4.69, 9.17) is 4.52 Å². The van der Waals surface area contributed by atoms with Gasteiger partial charge in [-0.05, 0) is 37.8 Å². The van der Waals surface area contributed by atoms with E-state index in [1.807, 2.05) is 4.90 Å². The minimum absolute atomic E-state index is 0.159. The fourth-order valence-corrected chi connectivity index (χ4v) is 4.45. The van der Waals surface area contributed by atoms with E-state index in [-0.39, 0.29) is 31.3 Å². The van der Waals surface area contributed by atoms with Gasteiger partial charge >= 0.3 is 0 Å². The second-order valence-corrected chi connectivity index (χ2v) is 8.62. The summed E-state index contributed by atoms with van der Waals surface area (Å²) in [6.07, 6.45) is 6.27. The molecule has 0 atom stereocenters. The standard InChI is InChI=1S/C21H25F2N5O2/c22-21(23)7-11-28(13-21)17-12-16(4-8-24-17)19-25-18(26-30-19)14-5-9-27(10-6-14)20(29)15-2-1-3-15/h4,8,12,14-15H,1-3,5-7,9-11,13H2. The number of hydrogen-bond donors (Lipinski definition) is 0. The van der Waals surface area contributed by atoms with Crippen molar-refractivity contribution in [1.82, 2.24) is 20.0 Å². The van der Waals surface area contributed by atoms with Crippen molar-refractivity contribution in [2.45, 2.75) is 50.4 Å². The monoisotopic (exact) mass is 417 g/mol. The first-order valence-corrected chi connectivity index (χ1v) is 10.7. The Hall–Kier alpha value is -2.58. The summed E-state index contributed by atoms with van der Waals surface area (Å²) in [5.74, 6) is -0.484. The van der Waals surface area contributed by atoms with Crippen LogP contribution in [0.15, 0.2) is 22.9 Å². The predicted octanol–water partition coefficient (Wildman–Crippen LogP) is 3.48. The highest BCUT2D eigenvalue weighted by Gasteiger charge is 2.39. The predicted molar refractivity (Wildman–Crippen MR) is 105 cm³/mol. The van der Waals surface area contributed by atoms with Gasteiger partial charge in [-0.1, -0.05) is 11.6 Å². The number of aromatic nitrogens is 3. The van der Waals surface area contributed by atoms with Crippen LogP contribution in [0.4, 0.5) is 14.6 Å². The van der Waals surface area contributed by atoms with Gasteiger partial charge in [-0.2, -0.15) is 4.98 Å². The fraction of sp³-hybridized carbons (Fsp3) is 0.619. The number of nitrogens with zero attached hydrogens (tertiary/aromatic N) is 5. The van der Waals surface area contributed by atoms with Gasteiger partial charge in [-0.15, -0.1) is 0 Å². The molecule has 0 bridgehead atoms. The molecule has 9 heteroatoms. The van der Waals surface area contributed by atoms with Crippen molar-refractivity contribution in [1.29, 1.82) is 0 Å². The van der Waals surface area contributed by atoms with Crippen molar-refractivity contribution < 1.29 is 18.1 Å². The van der Waals surface area contributed by atoms with Crippen LogP contribution >= 0.6 is 0 Å². The topological polar surface area (TPSA) is 75.4 Å². The summed E-state index contributed by atoms with van der Waals surface area (Å²) < 4.78 is 32.5. The molecule has 5 rings (SSSR count). The minimum atomic E-state index is -2.68. The Morgan fingerprint density at radius 1 is 1.17 bits per heavy atom. The Kier molecular flexibility index (Phi) is 4.91. The summed E-state index contributed by atoms with van der Waals surface area (Å²) >= 11 is 0. The number of hydrogen-bond acceptors (Lipinski definition) is 6. The molecule has 4 heterocycles. The molecule has 0 aromatic carbocycles. The first-order valence-electron chi connectivity index (χ1n) is 10.7. The number of piperidine rings is 1. The molecular formula is C21H25F2N5O2. The molecular weight excluding hydrogens is 392 g/mol. The van der Waals surface area contributed by atoms with Crippen molar-refractivity contribution in [3.8, 4) is 11.5 Å². The first-order chi connectivity index (χ1) is 14.5. The molecule has 3 aliphatic rings. The van der Waals surface area contributed by atoms with Gasteiger partial charge in [0.05, 0.1) is 6.54 Å². The zero-order valence-electron chi connectivity index (χ0n) is 16.8. The fourth-order valence-electron chi connectivity index (χ4n) is 4.45. The third-order valence-electron chi connectivity index (χ3n) is 6.55. The maximum Gasteiger partial charge on any atom is 0.266 e. The summed E-state index contributed by atoms with van der Waals surface area (Å²) in [7, 11) is 0. The molecule has 2 saturated heterocycles. The Balaban J connectivity index is 1.24. The molecule has 2 aromatic heterocycles. The van der Waals surface area contributed by atoms with Crippen LogP contribution in [0.2, 0.25) is 0 Å². The largest absolute Gasteiger partial charge is 0.350 e. The number of pyridine rings is 1. The van der Waals surface area contributed by atoms with Crippen LogP contribution in [-0.4, -0.2) is 58.0 Å². The molecule has 2 aromatic rings. The quantitative estimate of drug-likeness (QED) is 0.758. The second kappa shape index (κ2) is 7.59. The van der Waals surface area contributed by atoms with E-state index in [0.29, 0.717) is 29.0 Å². The van der Waals surface area contributed by atoms with Crippen molar-refractivity contribution >= 4 is 11.7 Å². The number of rotatable bonds is 4. The van der Waals surface area contributed by atoms with E-state index in [2.05, 4.69) is 15.1 Å². The van der Waals surface area contributed by atoms with Crippen molar-refractivity contribution in [3.05, 3.63) is 24.2 Å². The Morgan fingerprint density at radius 3 is 2.63 bits per heavy atom. The van der Waals surface area contributed by atoms with Crippen LogP contribution in [0, 0.1) is 5.92 Å². The average Bonchev–Trinajstić information content (AvgIpc) is 3.34. The van der Waals surface area contributed by atoms with E-state index in [1.165, 1.54) is 0 Å². The SMILES string of the molecule is O=C(C1CCC1)N1CCC(c2noc(-c3ccnc(N4CCC(F)(F)C4)c3)n2)CC1. The lowest BCUT2D eigenvalue weighted by atomic mass is 9.83. The highest BCUT2D eigenvalue weighted by atomic mass is 19.3. The molecule has 1 aliphatic carbocycles. The van der Waals surface area contributed by atoms with Gasteiger partial charge in [-0.3, -0.25) is 4.79 Å². The van der Waals surface area contributed by atoms with Crippen LogP contribution in [0.1, 0.15) is 50.3 Å². The van der Waals surface area contributed by atoms with E-state index < -0.39 is 5.92 Å². The third kappa shape index (κ3) is 3.77. The van der Waals surface area contributed by atoms with Crippen molar-refractivity contribution in [2.24, 2.45) is 5.92 Å². The molecule has 30 heavy (non-hydrogen) atoms. The number of carbonyl (C=O) groups is 1. The molecule has 2 aliphatic heterocycles. The zero-order chi connectivity index (χ0) is 20.7. The minimum Gasteiger partial charge on any atom is -0.350 e. The van der Waals surface area contributed by atoms with Crippen LogP contribution < -0.4 is 4.90 Å². The summed E-state index contributed by atoms with van der Waals surface area (Å²) in [4.78, 5) is 24.7. The molecule has 1 saturated carbocycles. The number of anilines is 1. The van der Waals surface area contributed by atoms with Crippen LogP contribution in [0.3, 0.4) is 0 Å². The normalized spacial score (nSPS) is 22.3. The van der Waals surface area contributed by atoms with Crippen molar-refractivity contribution in [3.63, 3.8) is 0 Å². The van der Waals surface area contributed by atoms with Gasteiger partial charge in [0.1, 0.15) is 5.82 Å². The second-order valence-electron chi connectivity index (χ2n) is 8.62. The van der Waals surface area contributed by atoms with Gasteiger partial charge in [0.2, 0.25) is 5.91 Å². The van der Waals surface area contributed by atoms with Crippen LogP contribution in [0.25, 0.3) is 11.5 Å². The molecule has 0 unspecified atom stereocenters. The summed E-state index contributed by atoms with van der Waals surface area (Å²) in [5, 5.41) is 4.16. The molecule has 1 amide bonds. The average molecular weight is 417 g/mol. The lowest BCUT2D eigenvalue weighted by Crippen LogP contribution is -2.43. The Bertz CT molecular complexity index is 922. The number of alkyl halides is 2. The maximum atomic E-state index is 13.5. The van der Waals surface area contributed by atoms with Crippen molar-refractivity contribution in [2.75, 3.05) is 31.1 Å². The lowest BCUT2D eigenvalue weighted by Gasteiger charge is -2.35. The third-order valence-corrected chi connectivity index (χ3v) is 6.55. The van der Waals surface area contributed by atoms with Crippen LogP contribution in [-0.2, 0) is 4.79 Å². The van der Waals surface area contributed by atoms with Crippen LogP contribution in [0.5, 0.6) is 0 Å². The van der Waals surface area contributed by atoms with Gasteiger partial charge in [0.25, 0.3) is 11.8 Å². The van der Waals surface area contributed by atoms with Gasteiger partial charge in [-0.25, -0.2) is 13.8 Å². The zero-order valence-corrected chi connectivity index (χ0v) is 16.8. The van der Waals surface area contributed by atoms with E-state index in [1.54, 1.807) is 23.2 Å². The lowest BCUT2D eigenvalue weighted by molar-refractivity contribution is -0.139. The first kappa shape index (κ1) is 19.4. The molecule has 0 spiro atoms. The molecule has 160 valence electrons. The Morgan fingerprint density at radius 2 is 1.97 bits per heavy atom. The van der Waals surface area contributed by atoms with Gasteiger partial charge in [0, 0.05) is 49.7 Å². The summed E-state index contributed by atoms with van der Waals surface area (Å²) in [6.45, 7) is 1.41. The molecule has 0 N–H and O–H groups in total. The van der Waals surface area contributed by atoms with E-state index in [0.717, 1.165) is 45.2 Å². The molecule has 7 nitrogen and oxygen atoms in total. The highest BCUT2D eigenvalue weighted by molar-refractivity contribution is 5.79.